The van der Waals surface area contributed by atoms with Gasteiger partial charge in [0.25, 0.3) is 0 Å². The molecule has 0 aromatic heterocycles. The molecule has 5 heteroatoms. The predicted molar refractivity (Wildman–Crippen MR) is 81.9 cm³/mol. The summed E-state index contributed by atoms with van der Waals surface area (Å²) in [6, 6.07) is 14.1. The molecule has 1 N–H and O–H groups in total. The van der Waals surface area contributed by atoms with E-state index >= 15 is 0 Å². The van der Waals surface area contributed by atoms with Gasteiger partial charge in [-0.25, -0.2) is 17.5 Å². The molecule has 2 aromatic rings. The van der Waals surface area contributed by atoms with Crippen molar-refractivity contribution in [3.05, 3.63) is 71.0 Å². The van der Waals surface area contributed by atoms with E-state index in [0.29, 0.717) is 12.0 Å². The molecular formula is C16H18FNO2S. The Morgan fingerprint density at radius 1 is 1.05 bits per heavy atom. The van der Waals surface area contributed by atoms with E-state index in [1.54, 1.807) is 19.1 Å². The Labute approximate surface area is 124 Å². The summed E-state index contributed by atoms with van der Waals surface area (Å²) >= 11 is 0. The minimum atomic E-state index is -3.34. The van der Waals surface area contributed by atoms with Gasteiger partial charge in [0.15, 0.2) is 0 Å². The molecule has 0 unspecified atom stereocenters. The zero-order valence-corrected chi connectivity index (χ0v) is 12.7. The maximum atomic E-state index is 13.1. The van der Waals surface area contributed by atoms with Crippen molar-refractivity contribution >= 4 is 10.0 Å². The van der Waals surface area contributed by atoms with Crippen LogP contribution in [-0.2, 0) is 23.0 Å². The van der Waals surface area contributed by atoms with Crippen LogP contribution in [0.25, 0.3) is 0 Å². The second-order valence-electron chi connectivity index (χ2n) is 4.96. The average Bonchev–Trinajstić information content (AvgIpc) is 2.48. The molecule has 112 valence electrons. The molecule has 0 amide bonds. The Hall–Kier alpha value is -1.72. The summed E-state index contributed by atoms with van der Waals surface area (Å²) in [5.74, 6) is -0.248. The van der Waals surface area contributed by atoms with E-state index in [1.165, 1.54) is 6.07 Å². The van der Waals surface area contributed by atoms with E-state index in [-0.39, 0.29) is 18.1 Å². The van der Waals surface area contributed by atoms with Crippen molar-refractivity contribution in [3.63, 3.8) is 0 Å². The van der Waals surface area contributed by atoms with Crippen LogP contribution in [0, 0.1) is 12.7 Å². The highest BCUT2D eigenvalue weighted by Crippen LogP contribution is 2.09. The van der Waals surface area contributed by atoms with Crippen molar-refractivity contribution in [3.8, 4) is 0 Å². The van der Waals surface area contributed by atoms with Crippen LogP contribution in [0.2, 0.25) is 0 Å². The third kappa shape index (κ3) is 4.95. The SMILES string of the molecule is Cc1cc(CNS(=O)(=O)CCc2ccccc2)ccc1F. The molecule has 0 spiro atoms. The van der Waals surface area contributed by atoms with Crippen molar-refractivity contribution in [1.82, 2.24) is 4.72 Å². The number of aryl methyl sites for hydroxylation is 2. The summed E-state index contributed by atoms with van der Waals surface area (Å²) in [5, 5.41) is 0. The van der Waals surface area contributed by atoms with Crippen LogP contribution < -0.4 is 4.72 Å². The van der Waals surface area contributed by atoms with Gasteiger partial charge in [-0.05, 0) is 36.1 Å². The quantitative estimate of drug-likeness (QED) is 0.892. The summed E-state index contributed by atoms with van der Waals surface area (Å²) in [7, 11) is -3.34. The summed E-state index contributed by atoms with van der Waals surface area (Å²) < 4.78 is 39.6. The maximum absolute atomic E-state index is 13.1. The lowest BCUT2D eigenvalue weighted by Gasteiger charge is -2.08. The van der Waals surface area contributed by atoms with Crippen LogP contribution in [0.15, 0.2) is 48.5 Å². The molecule has 0 radical (unpaired) electrons. The van der Waals surface area contributed by atoms with Crippen LogP contribution in [0.1, 0.15) is 16.7 Å². The number of sulfonamides is 1. The molecule has 0 saturated heterocycles. The second-order valence-corrected chi connectivity index (χ2v) is 6.89. The molecule has 2 rings (SSSR count). The van der Waals surface area contributed by atoms with Crippen molar-refractivity contribution in [2.45, 2.75) is 19.9 Å². The maximum Gasteiger partial charge on any atom is 0.212 e. The number of halogens is 1. The Morgan fingerprint density at radius 3 is 2.43 bits per heavy atom. The fourth-order valence-electron chi connectivity index (χ4n) is 1.98. The highest BCUT2D eigenvalue weighted by atomic mass is 32.2. The summed E-state index contributed by atoms with van der Waals surface area (Å²) in [6.07, 6.45) is 0.471. The minimum absolute atomic E-state index is 0.0389. The first kappa shape index (κ1) is 15.7. The molecule has 0 aliphatic heterocycles. The van der Waals surface area contributed by atoms with Crippen molar-refractivity contribution in [2.75, 3.05) is 5.75 Å². The normalized spacial score (nSPS) is 11.5. The van der Waals surface area contributed by atoms with Gasteiger partial charge in [0, 0.05) is 6.54 Å². The summed E-state index contributed by atoms with van der Waals surface area (Å²) in [4.78, 5) is 0. The molecular weight excluding hydrogens is 289 g/mol. The van der Waals surface area contributed by atoms with Crippen LogP contribution in [0.4, 0.5) is 4.39 Å². The first-order valence-corrected chi connectivity index (χ1v) is 8.38. The first-order chi connectivity index (χ1) is 9.96. The fraction of sp³-hybridized carbons (Fsp3) is 0.250. The van der Waals surface area contributed by atoms with Crippen molar-refractivity contribution in [2.24, 2.45) is 0 Å². The van der Waals surface area contributed by atoms with Gasteiger partial charge in [-0.3, -0.25) is 0 Å². The molecule has 3 nitrogen and oxygen atoms in total. The lowest BCUT2D eigenvalue weighted by atomic mass is 10.1. The third-order valence-electron chi connectivity index (χ3n) is 3.22. The van der Waals surface area contributed by atoms with Crippen LogP contribution in [-0.4, -0.2) is 14.2 Å². The van der Waals surface area contributed by atoms with E-state index in [1.807, 2.05) is 30.3 Å². The monoisotopic (exact) mass is 307 g/mol. The molecule has 21 heavy (non-hydrogen) atoms. The Bertz CT molecular complexity index is 699. The molecule has 0 atom stereocenters. The third-order valence-corrected chi connectivity index (χ3v) is 4.55. The largest absolute Gasteiger partial charge is 0.212 e. The molecule has 0 fully saturated rings. The molecule has 0 saturated carbocycles. The Balaban J connectivity index is 1.90. The van der Waals surface area contributed by atoms with Gasteiger partial charge in [0.2, 0.25) is 10.0 Å². The summed E-state index contributed by atoms with van der Waals surface area (Å²) in [5.41, 5.74) is 2.24. The topological polar surface area (TPSA) is 46.2 Å². The van der Waals surface area contributed by atoms with Gasteiger partial charge in [-0.2, -0.15) is 0 Å². The Morgan fingerprint density at radius 2 is 1.76 bits per heavy atom. The summed E-state index contributed by atoms with van der Waals surface area (Å²) in [6.45, 7) is 1.83. The average molecular weight is 307 g/mol. The minimum Gasteiger partial charge on any atom is -0.212 e. The first-order valence-electron chi connectivity index (χ1n) is 6.72. The second kappa shape index (κ2) is 6.83. The molecule has 0 aliphatic rings. The van der Waals surface area contributed by atoms with Crippen molar-refractivity contribution in [1.29, 1.82) is 0 Å². The number of hydrogen-bond donors (Lipinski definition) is 1. The van der Waals surface area contributed by atoms with Gasteiger partial charge >= 0.3 is 0 Å². The van der Waals surface area contributed by atoms with E-state index in [4.69, 9.17) is 0 Å². The lowest BCUT2D eigenvalue weighted by Crippen LogP contribution is -2.26. The van der Waals surface area contributed by atoms with Crippen LogP contribution >= 0.6 is 0 Å². The van der Waals surface area contributed by atoms with E-state index in [2.05, 4.69) is 4.72 Å². The molecule has 0 heterocycles. The van der Waals surface area contributed by atoms with Gasteiger partial charge in [-0.15, -0.1) is 0 Å². The van der Waals surface area contributed by atoms with Gasteiger partial charge < -0.3 is 0 Å². The van der Waals surface area contributed by atoms with Crippen molar-refractivity contribution < 1.29 is 12.8 Å². The smallest absolute Gasteiger partial charge is 0.212 e. The zero-order chi connectivity index (χ0) is 15.3. The zero-order valence-electron chi connectivity index (χ0n) is 11.8. The van der Waals surface area contributed by atoms with Gasteiger partial charge in [0.1, 0.15) is 5.82 Å². The number of rotatable bonds is 6. The number of hydrogen-bond acceptors (Lipinski definition) is 2. The lowest BCUT2D eigenvalue weighted by molar-refractivity contribution is 0.580. The van der Waals surface area contributed by atoms with E-state index in [9.17, 15) is 12.8 Å². The van der Waals surface area contributed by atoms with Crippen LogP contribution in [0.3, 0.4) is 0 Å². The molecule has 2 aromatic carbocycles. The highest BCUT2D eigenvalue weighted by molar-refractivity contribution is 7.89. The van der Waals surface area contributed by atoms with E-state index in [0.717, 1.165) is 11.1 Å². The van der Waals surface area contributed by atoms with Crippen LogP contribution in [0.5, 0.6) is 0 Å². The standard InChI is InChI=1S/C16H18FNO2S/c1-13-11-15(7-8-16(13)17)12-18-21(19,20)10-9-14-5-3-2-4-6-14/h2-8,11,18H,9-10,12H2,1H3. The van der Waals surface area contributed by atoms with E-state index < -0.39 is 10.0 Å². The number of benzene rings is 2. The predicted octanol–water partition coefficient (Wildman–Crippen LogP) is 2.80. The number of nitrogens with one attached hydrogen (secondary N) is 1. The molecule has 0 aliphatic carbocycles. The Kier molecular flexibility index (Phi) is 5.09. The van der Waals surface area contributed by atoms with Gasteiger partial charge in [-0.1, -0.05) is 42.5 Å². The van der Waals surface area contributed by atoms with Gasteiger partial charge in [0.05, 0.1) is 5.75 Å². The highest BCUT2D eigenvalue weighted by Gasteiger charge is 2.10. The molecule has 0 bridgehead atoms. The fourth-order valence-corrected chi connectivity index (χ4v) is 3.01.